The monoisotopic (exact) mass is 396 g/mol. The second-order valence-electron chi connectivity index (χ2n) is 7.04. The first-order valence-corrected chi connectivity index (χ1v) is 9.28. The highest BCUT2D eigenvalue weighted by Gasteiger charge is 2.53. The van der Waals surface area contributed by atoms with Crippen LogP contribution >= 0.6 is 0 Å². The lowest BCUT2D eigenvalue weighted by Gasteiger charge is -2.12. The molecular formula is C22H21FN2O4. The zero-order chi connectivity index (χ0) is 20.4. The van der Waals surface area contributed by atoms with Gasteiger partial charge in [-0.3, -0.25) is 4.79 Å². The zero-order valence-electron chi connectivity index (χ0n) is 16.2. The smallest absolute Gasteiger partial charge is 0.232 e. The van der Waals surface area contributed by atoms with E-state index < -0.39 is 5.41 Å². The third-order valence-electron chi connectivity index (χ3n) is 5.22. The summed E-state index contributed by atoms with van der Waals surface area (Å²) in [4.78, 5) is 12.8. The molecule has 0 radical (unpaired) electrons. The highest BCUT2D eigenvalue weighted by atomic mass is 19.1. The summed E-state index contributed by atoms with van der Waals surface area (Å²) in [7, 11) is 3.14. The zero-order valence-corrected chi connectivity index (χ0v) is 16.2. The number of amides is 1. The van der Waals surface area contributed by atoms with Gasteiger partial charge in [0.2, 0.25) is 5.91 Å². The minimum Gasteiger partial charge on any atom is -0.493 e. The second kappa shape index (κ2) is 7.58. The van der Waals surface area contributed by atoms with Crippen molar-refractivity contribution < 1.29 is 23.2 Å². The summed E-state index contributed by atoms with van der Waals surface area (Å²) in [5, 5.41) is 7.08. The molecule has 0 atom stereocenters. The second-order valence-corrected chi connectivity index (χ2v) is 7.04. The fourth-order valence-electron chi connectivity index (χ4n) is 3.30. The number of carbonyl (C=O) groups is 1. The van der Waals surface area contributed by atoms with Crippen molar-refractivity contribution in [2.24, 2.45) is 0 Å². The van der Waals surface area contributed by atoms with Gasteiger partial charge in [0.1, 0.15) is 5.82 Å². The summed E-state index contributed by atoms with van der Waals surface area (Å²) in [5.41, 5.74) is 1.56. The van der Waals surface area contributed by atoms with Crippen LogP contribution in [0.25, 0.3) is 11.3 Å². The Morgan fingerprint density at radius 3 is 2.48 bits per heavy atom. The van der Waals surface area contributed by atoms with Crippen molar-refractivity contribution in [3.8, 4) is 22.8 Å². The topological polar surface area (TPSA) is 73.6 Å². The first-order valence-electron chi connectivity index (χ1n) is 9.28. The number of carbonyl (C=O) groups excluding carboxylic acids is 1. The molecule has 29 heavy (non-hydrogen) atoms. The van der Waals surface area contributed by atoms with Gasteiger partial charge in [-0.05, 0) is 48.7 Å². The van der Waals surface area contributed by atoms with E-state index in [2.05, 4.69) is 10.5 Å². The summed E-state index contributed by atoms with van der Waals surface area (Å²) >= 11 is 0. The Morgan fingerprint density at radius 2 is 1.83 bits per heavy atom. The van der Waals surface area contributed by atoms with E-state index in [0.717, 1.165) is 11.1 Å². The summed E-state index contributed by atoms with van der Waals surface area (Å²) < 4.78 is 29.1. The van der Waals surface area contributed by atoms with E-state index in [0.29, 0.717) is 42.3 Å². The Hall–Kier alpha value is -3.35. The molecule has 1 heterocycles. The lowest BCUT2D eigenvalue weighted by molar-refractivity contribution is -0.123. The molecule has 1 amide bonds. The highest BCUT2D eigenvalue weighted by Crippen LogP contribution is 2.48. The standard InChI is InChI=1S/C22H21FN2O4/c1-27-17-8-5-15(11-19(17)28-2)18-12-20(25-29-18)22(9-10-22)21(26)24-13-14-3-6-16(23)7-4-14/h3-8,11-12H,9-10,13H2,1-2H3,(H,24,26). The van der Waals surface area contributed by atoms with Crippen molar-refractivity contribution in [3.63, 3.8) is 0 Å². The van der Waals surface area contributed by atoms with Crippen LogP contribution in [0.1, 0.15) is 24.1 Å². The molecule has 0 bridgehead atoms. The number of halogens is 1. The summed E-state index contributed by atoms with van der Waals surface area (Å²) in [6.07, 6.45) is 1.42. The minimum atomic E-state index is -0.668. The first-order chi connectivity index (χ1) is 14.1. The van der Waals surface area contributed by atoms with Crippen LogP contribution in [0.15, 0.2) is 53.1 Å². The van der Waals surface area contributed by atoms with E-state index in [1.165, 1.54) is 12.1 Å². The number of aromatic nitrogens is 1. The fourth-order valence-corrected chi connectivity index (χ4v) is 3.30. The molecule has 0 saturated heterocycles. The number of hydrogen-bond acceptors (Lipinski definition) is 5. The van der Waals surface area contributed by atoms with Crippen LogP contribution in [0.3, 0.4) is 0 Å². The van der Waals surface area contributed by atoms with Gasteiger partial charge >= 0.3 is 0 Å². The number of methoxy groups -OCH3 is 2. The largest absolute Gasteiger partial charge is 0.493 e. The Bertz CT molecular complexity index is 1030. The van der Waals surface area contributed by atoms with Crippen molar-refractivity contribution in [2.75, 3.05) is 14.2 Å². The van der Waals surface area contributed by atoms with Gasteiger partial charge in [0.25, 0.3) is 0 Å². The molecule has 2 aromatic carbocycles. The van der Waals surface area contributed by atoms with Crippen molar-refractivity contribution in [1.29, 1.82) is 0 Å². The Balaban J connectivity index is 1.49. The molecule has 1 aliphatic rings. The van der Waals surface area contributed by atoms with Crippen LogP contribution in [-0.2, 0) is 16.8 Å². The third kappa shape index (κ3) is 3.68. The molecule has 0 spiro atoms. The van der Waals surface area contributed by atoms with Crippen molar-refractivity contribution in [2.45, 2.75) is 24.8 Å². The van der Waals surface area contributed by atoms with Gasteiger partial charge in [-0.15, -0.1) is 0 Å². The van der Waals surface area contributed by atoms with Crippen LogP contribution in [0.2, 0.25) is 0 Å². The maximum absolute atomic E-state index is 13.0. The first kappa shape index (κ1) is 19.0. The number of rotatable bonds is 7. The molecule has 1 fully saturated rings. The van der Waals surface area contributed by atoms with Crippen LogP contribution < -0.4 is 14.8 Å². The lowest BCUT2D eigenvalue weighted by Crippen LogP contribution is -2.34. The van der Waals surface area contributed by atoms with Crippen LogP contribution in [-0.4, -0.2) is 25.3 Å². The maximum Gasteiger partial charge on any atom is 0.232 e. The molecule has 4 rings (SSSR count). The van der Waals surface area contributed by atoms with Gasteiger partial charge in [0, 0.05) is 18.2 Å². The van der Waals surface area contributed by atoms with Gasteiger partial charge in [-0.2, -0.15) is 0 Å². The predicted octanol–water partition coefficient (Wildman–Crippen LogP) is 3.85. The fraction of sp³-hybridized carbons (Fsp3) is 0.273. The molecular weight excluding hydrogens is 375 g/mol. The van der Waals surface area contributed by atoms with E-state index >= 15 is 0 Å². The molecule has 150 valence electrons. The van der Waals surface area contributed by atoms with Gasteiger partial charge in [-0.25, -0.2) is 4.39 Å². The summed E-state index contributed by atoms with van der Waals surface area (Å²) in [6.45, 7) is 0.335. The van der Waals surface area contributed by atoms with Crippen molar-refractivity contribution in [1.82, 2.24) is 10.5 Å². The quantitative estimate of drug-likeness (QED) is 0.657. The van der Waals surface area contributed by atoms with Gasteiger partial charge in [0.15, 0.2) is 17.3 Å². The highest BCUT2D eigenvalue weighted by molar-refractivity contribution is 5.91. The van der Waals surface area contributed by atoms with E-state index in [-0.39, 0.29) is 11.7 Å². The van der Waals surface area contributed by atoms with Gasteiger partial charge in [-0.1, -0.05) is 17.3 Å². The molecule has 1 saturated carbocycles. The summed E-state index contributed by atoms with van der Waals surface area (Å²) in [5.74, 6) is 1.35. The average Bonchev–Trinajstić information content (AvgIpc) is 3.42. The van der Waals surface area contributed by atoms with E-state index in [1.807, 2.05) is 6.07 Å². The minimum absolute atomic E-state index is 0.103. The number of ether oxygens (including phenoxy) is 2. The van der Waals surface area contributed by atoms with E-state index in [9.17, 15) is 9.18 Å². The van der Waals surface area contributed by atoms with Crippen LogP contribution in [0.4, 0.5) is 4.39 Å². The molecule has 7 heteroatoms. The van der Waals surface area contributed by atoms with Crippen molar-refractivity contribution >= 4 is 5.91 Å². The lowest BCUT2D eigenvalue weighted by atomic mass is 10.00. The Labute approximate surface area is 167 Å². The number of nitrogens with one attached hydrogen (secondary N) is 1. The number of hydrogen-bond donors (Lipinski definition) is 1. The number of nitrogens with zero attached hydrogens (tertiary/aromatic N) is 1. The molecule has 1 aromatic heterocycles. The molecule has 1 aliphatic carbocycles. The normalized spacial score (nSPS) is 14.3. The summed E-state index contributed by atoms with van der Waals surface area (Å²) in [6, 6.07) is 13.3. The SMILES string of the molecule is COc1ccc(-c2cc(C3(C(=O)NCc4ccc(F)cc4)CC3)no2)cc1OC. The third-order valence-corrected chi connectivity index (χ3v) is 5.22. The molecule has 6 nitrogen and oxygen atoms in total. The Morgan fingerprint density at radius 1 is 1.10 bits per heavy atom. The van der Waals surface area contributed by atoms with E-state index in [1.54, 1.807) is 44.6 Å². The van der Waals surface area contributed by atoms with Crippen molar-refractivity contribution in [3.05, 3.63) is 65.6 Å². The average molecular weight is 396 g/mol. The van der Waals surface area contributed by atoms with Gasteiger partial charge < -0.3 is 19.3 Å². The molecule has 3 aromatic rings. The Kier molecular flexibility index (Phi) is 4.96. The van der Waals surface area contributed by atoms with Crippen LogP contribution in [0.5, 0.6) is 11.5 Å². The molecule has 1 N–H and O–H groups in total. The number of benzene rings is 2. The van der Waals surface area contributed by atoms with E-state index in [4.69, 9.17) is 14.0 Å². The van der Waals surface area contributed by atoms with Crippen LogP contribution in [0, 0.1) is 5.82 Å². The predicted molar refractivity (Wildman–Crippen MR) is 104 cm³/mol. The molecule has 0 aliphatic heterocycles. The maximum atomic E-state index is 13.0. The van der Waals surface area contributed by atoms with Gasteiger partial charge in [0.05, 0.1) is 25.3 Å². The molecule has 0 unspecified atom stereocenters.